The molecule has 0 aliphatic rings. The highest BCUT2D eigenvalue weighted by Gasteiger charge is 2.29. The number of hydrogen-bond donors (Lipinski definition) is 1. The summed E-state index contributed by atoms with van der Waals surface area (Å²) in [5.74, 6) is -0.0807. The molecule has 0 radical (unpaired) electrons. The van der Waals surface area contributed by atoms with Crippen LogP contribution in [-0.4, -0.2) is 10.9 Å². The van der Waals surface area contributed by atoms with E-state index in [1.807, 2.05) is 32.0 Å². The second kappa shape index (κ2) is 5.41. The fourth-order valence-electron chi connectivity index (χ4n) is 1.72. The zero-order valence-corrected chi connectivity index (χ0v) is 11.6. The first-order valence-electron chi connectivity index (χ1n) is 5.97. The number of carbonyl (C=O) groups excluding carboxylic acids is 1. The minimum Gasteiger partial charge on any atom is -0.324 e. The molecule has 98 valence electrons. The molecule has 0 unspecified atom stereocenters. The second-order valence-corrected chi connectivity index (χ2v) is 5.26. The van der Waals surface area contributed by atoms with Gasteiger partial charge in [-0.05, 0) is 43.7 Å². The standard InChI is InChI=1S/C15H15ClN2O/c1-15(2,11-5-7-12(16)8-6-11)14(19)18-13-4-3-9-17-10-13/h3-10H,1-2H3,(H,18,19). The molecule has 4 heteroatoms. The highest BCUT2D eigenvalue weighted by molar-refractivity contribution is 6.30. The fourth-order valence-corrected chi connectivity index (χ4v) is 1.85. The molecule has 2 rings (SSSR count). The molecule has 1 aromatic carbocycles. The SMILES string of the molecule is CC(C)(C(=O)Nc1cccnc1)c1ccc(Cl)cc1. The molecule has 19 heavy (non-hydrogen) atoms. The molecule has 1 heterocycles. The van der Waals surface area contributed by atoms with Gasteiger partial charge in [0.05, 0.1) is 17.3 Å². The van der Waals surface area contributed by atoms with Crippen molar-refractivity contribution in [3.8, 4) is 0 Å². The van der Waals surface area contributed by atoms with Gasteiger partial charge in [-0.25, -0.2) is 0 Å². The Hall–Kier alpha value is -1.87. The zero-order valence-electron chi connectivity index (χ0n) is 10.9. The van der Waals surface area contributed by atoms with Crippen LogP contribution < -0.4 is 5.32 Å². The molecule has 0 spiro atoms. The van der Waals surface area contributed by atoms with Crippen molar-refractivity contribution < 1.29 is 4.79 Å². The average Bonchev–Trinajstić information content (AvgIpc) is 2.40. The van der Waals surface area contributed by atoms with E-state index in [1.54, 1.807) is 30.6 Å². The Morgan fingerprint density at radius 1 is 1.21 bits per heavy atom. The lowest BCUT2D eigenvalue weighted by molar-refractivity contribution is -0.120. The monoisotopic (exact) mass is 274 g/mol. The summed E-state index contributed by atoms with van der Waals surface area (Å²) in [4.78, 5) is 16.3. The van der Waals surface area contributed by atoms with Crippen LogP contribution in [0.4, 0.5) is 5.69 Å². The molecule has 2 aromatic rings. The van der Waals surface area contributed by atoms with E-state index in [0.717, 1.165) is 5.56 Å². The number of hydrogen-bond acceptors (Lipinski definition) is 2. The maximum absolute atomic E-state index is 12.3. The summed E-state index contributed by atoms with van der Waals surface area (Å²) in [6.45, 7) is 3.75. The molecule has 0 bridgehead atoms. The number of aromatic nitrogens is 1. The van der Waals surface area contributed by atoms with Crippen LogP contribution >= 0.6 is 11.6 Å². The second-order valence-electron chi connectivity index (χ2n) is 4.83. The van der Waals surface area contributed by atoms with Gasteiger partial charge >= 0.3 is 0 Å². The maximum Gasteiger partial charge on any atom is 0.234 e. The first-order chi connectivity index (χ1) is 9.00. The van der Waals surface area contributed by atoms with Crippen LogP contribution in [0.3, 0.4) is 0 Å². The lowest BCUT2D eigenvalue weighted by Crippen LogP contribution is -2.34. The van der Waals surface area contributed by atoms with Crippen molar-refractivity contribution in [2.24, 2.45) is 0 Å². The lowest BCUT2D eigenvalue weighted by atomic mass is 9.83. The predicted molar refractivity (Wildman–Crippen MR) is 77.3 cm³/mol. The number of amides is 1. The molecule has 3 nitrogen and oxygen atoms in total. The van der Waals surface area contributed by atoms with E-state index in [-0.39, 0.29) is 5.91 Å². The third-order valence-electron chi connectivity index (χ3n) is 3.05. The van der Waals surface area contributed by atoms with Gasteiger partial charge in [0.2, 0.25) is 5.91 Å². The van der Waals surface area contributed by atoms with Crippen molar-refractivity contribution >= 4 is 23.2 Å². The van der Waals surface area contributed by atoms with Crippen LogP contribution in [0.1, 0.15) is 19.4 Å². The number of carbonyl (C=O) groups is 1. The molecular weight excluding hydrogens is 260 g/mol. The quantitative estimate of drug-likeness (QED) is 0.928. The Morgan fingerprint density at radius 2 is 1.89 bits per heavy atom. The van der Waals surface area contributed by atoms with E-state index in [0.29, 0.717) is 10.7 Å². The molecule has 0 aliphatic carbocycles. The number of pyridine rings is 1. The number of nitrogens with one attached hydrogen (secondary N) is 1. The highest BCUT2D eigenvalue weighted by Crippen LogP contribution is 2.26. The Kier molecular flexibility index (Phi) is 3.86. The Labute approximate surface area is 117 Å². The molecule has 0 saturated heterocycles. The number of nitrogens with zero attached hydrogens (tertiary/aromatic N) is 1. The normalized spacial score (nSPS) is 11.1. The number of anilines is 1. The summed E-state index contributed by atoms with van der Waals surface area (Å²) in [7, 11) is 0. The Balaban J connectivity index is 2.19. The minimum atomic E-state index is -0.638. The summed E-state index contributed by atoms with van der Waals surface area (Å²) >= 11 is 5.86. The Bertz CT molecular complexity index is 564. The largest absolute Gasteiger partial charge is 0.324 e. The van der Waals surface area contributed by atoms with Crippen molar-refractivity contribution in [3.63, 3.8) is 0 Å². The van der Waals surface area contributed by atoms with E-state index < -0.39 is 5.41 Å². The van der Waals surface area contributed by atoms with Crippen LogP contribution in [0, 0.1) is 0 Å². The van der Waals surface area contributed by atoms with Gasteiger partial charge in [0.1, 0.15) is 0 Å². The molecule has 1 aromatic heterocycles. The van der Waals surface area contributed by atoms with Gasteiger partial charge in [-0.1, -0.05) is 23.7 Å². The van der Waals surface area contributed by atoms with Gasteiger partial charge in [0, 0.05) is 11.2 Å². The van der Waals surface area contributed by atoms with E-state index in [1.165, 1.54) is 0 Å². The molecular formula is C15H15ClN2O. The molecule has 0 saturated carbocycles. The van der Waals surface area contributed by atoms with Gasteiger partial charge in [0.15, 0.2) is 0 Å². The third-order valence-corrected chi connectivity index (χ3v) is 3.30. The molecule has 1 amide bonds. The topological polar surface area (TPSA) is 42.0 Å². The summed E-state index contributed by atoms with van der Waals surface area (Å²) in [5.41, 5.74) is 0.966. The van der Waals surface area contributed by atoms with E-state index in [4.69, 9.17) is 11.6 Å². The number of rotatable bonds is 3. The first kappa shape index (κ1) is 13.6. The van der Waals surface area contributed by atoms with Crippen molar-refractivity contribution in [1.82, 2.24) is 4.98 Å². The number of benzene rings is 1. The predicted octanol–water partition coefficient (Wildman–Crippen LogP) is 3.65. The molecule has 0 fully saturated rings. The third kappa shape index (κ3) is 3.12. The minimum absolute atomic E-state index is 0.0807. The molecule has 1 N–H and O–H groups in total. The first-order valence-corrected chi connectivity index (χ1v) is 6.35. The highest BCUT2D eigenvalue weighted by atomic mass is 35.5. The van der Waals surface area contributed by atoms with E-state index >= 15 is 0 Å². The van der Waals surface area contributed by atoms with Crippen LogP contribution in [-0.2, 0) is 10.2 Å². The van der Waals surface area contributed by atoms with Crippen LogP contribution in [0.25, 0.3) is 0 Å². The lowest BCUT2D eigenvalue weighted by Gasteiger charge is -2.24. The van der Waals surface area contributed by atoms with Gasteiger partial charge in [-0.15, -0.1) is 0 Å². The maximum atomic E-state index is 12.3. The van der Waals surface area contributed by atoms with Crippen molar-refractivity contribution in [3.05, 3.63) is 59.4 Å². The van der Waals surface area contributed by atoms with Crippen molar-refractivity contribution in [2.75, 3.05) is 5.32 Å². The van der Waals surface area contributed by atoms with Crippen LogP contribution in [0.2, 0.25) is 5.02 Å². The van der Waals surface area contributed by atoms with Gasteiger partial charge in [-0.2, -0.15) is 0 Å². The summed E-state index contributed by atoms with van der Waals surface area (Å²) < 4.78 is 0. The van der Waals surface area contributed by atoms with Crippen molar-refractivity contribution in [1.29, 1.82) is 0 Å². The van der Waals surface area contributed by atoms with Gasteiger partial charge in [-0.3, -0.25) is 9.78 Å². The van der Waals surface area contributed by atoms with E-state index in [9.17, 15) is 4.79 Å². The van der Waals surface area contributed by atoms with Gasteiger partial charge < -0.3 is 5.32 Å². The summed E-state index contributed by atoms with van der Waals surface area (Å²) in [6.07, 6.45) is 3.29. The average molecular weight is 275 g/mol. The zero-order chi connectivity index (χ0) is 13.9. The summed E-state index contributed by atoms with van der Waals surface area (Å²) in [5, 5.41) is 3.52. The Morgan fingerprint density at radius 3 is 2.47 bits per heavy atom. The fraction of sp³-hybridized carbons (Fsp3) is 0.200. The molecule has 0 atom stereocenters. The van der Waals surface area contributed by atoms with Crippen LogP contribution in [0.5, 0.6) is 0 Å². The van der Waals surface area contributed by atoms with Crippen LogP contribution in [0.15, 0.2) is 48.8 Å². The smallest absolute Gasteiger partial charge is 0.234 e. The summed E-state index contributed by atoms with van der Waals surface area (Å²) in [6, 6.07) is 10.9. The molecule has 0 aliphatic heterocycles. The van der Waals surface area contributed by atoms with E-state index in [2.05, 4.69) is 10.3 Å². The van der Waals surface area contributed by atoms with Gasteiger partial charge in [0.25, 0.3) is 0 Å². The number of halogens is 1. The van der Waals surface area contributed by atoms with Crippen molar-refractivity contribution in [2.45, 2.75) is 19.3 Å².